The van der Waals surface area contributed by atoms with E-state index < -0.39 is 0 Å². The number of nitrogens with zero attached hydrogens (tertiary/aromatic N) is 1. The van der Waals surface area contributed by atoms with Crippen LogP contribution in [0.1, 0.15) is 50.3 Å². The van der Waals surface area contributed by atoms with Crippen LogP contribution in [0.3, 0.4) is 0 Å². The van der Waals surface area contributed by atoms with Crippen LogP contribution in [-0.4, -0.2) is 38.8 Å². The van der Waals surface area contributed by atoms with Crippen molar-refractivity contribution in [3.05, 3.63) is 23.3 Å². The molecule has 2 atom stereocenters. The van der Waals surface area contributed by atoms with Crippen LogP contribution < -0.4 is 9.47 Å². The van der Waals surface area contributed by atoms with Gasteiger partial charge in [-0.25, -0.2) is 0 Å². The summed E-state index contributed by atoms with van der Waals surface area (Å²) < 4.78 is 11.4. The second kappa shape index (κ2) is 6.99. The Morgan fingerprint density at radius 1 is 1.24 bits per heavy atom. The molecule has 0 aliphatic carbocycles. The molecule has 1 unspecified atom stereocenters. The van der Waals surface area contributed by atoms with Crippen LogP contribution in [0.2, 0.25) is 0 Å². The summed E-state index contributed by atoms with van der Waals surface area (Å²) in [6.07, 6.45) is 1.30. The van der Waals surface area contributed by atoms with Crippen molar-refractivity contribution in [2.45, 2.75) is 39.2 Å². The van der Waals surface area contributed by atoms with Crippen LogP contribution in [0.15, 0.2) is 12.1 Å². The number of rotatable bonds is 6. The van der Waals surface area contributed by atoms with E-state index in [0.29, 0.717) is 25.6 Å². The van der Waals surface area contributed by atoms with Gasteiger partial charge in [-0.3, -0.25) is 0 Å². The average molecular weight is 287 g/mol. The molecule has 0 bridgehead atoms. The minimum absolute atomic E-state index is 0.0939. The maximum atomic E-state index is 11.0. The summed E-state index contributed by atoms with van der Waals surface area (Å²) in [5.41, 5.74) is 2.26. The lowest BCUT2D eigenvalue weighted by atomic mass is 9.83. The van der Waals surface area contributed by atoms with E-state index in [1.54, 1.807) is 4.81 Å². The second-order valence-electron chi connectivity index (χ2n) is 5.31. The van der Waals surface area contributed by atoms with E-state index >= 15 is 0 Å². The fourth-order valence-corrected chi connectivity index (χ4v) is 2.92. The lowest BCUT2D eigenvalue weighted by molar-refractivity contribution is -0.108. The maximum absolute atomic E-state index is 11.0. The lowest BCUT2D eigenvalue weighted by Gasteiger charge is -2.38. The highest BCUT2D eigenvalue weighted by molar-refractivity contribution is 6.05. The van der Waals surface area contributed by atoms with Gasteiger partial charge in [0.05, 0.1) is 13.2 Å². The molecule has 0 N–H and O–H groups in total. The first-order chi connectivity index (χ1) is 10.1. The summed E-state index contributed by atoms with van der Waals surface area (Å²) in [6.45, 7) is 7.91. The molecule has 1 heterocycles. The van der Waals surface area contributed by atoms with Gasteiger partial charge in [0.1, 0.15) is 6.29 Å². The quantitative estimate of drug-likeness (QED) is 0.595. The van der Waals surface area contributed by atoms with Crippen LogP contribution in [0, 0.1) is 0 Å². The number of aldehydes is 1. The van der Waals surface area contributed by atoms with Crippen molar-refractivity contribution in [2.24, 2.45) is 0 Å². The van der Waals surface area contributed by atoms with E-state index in [9.17, 15) is 4.79 Å². The number of hydrogen-bond acceptors (Lipinski definition) is 4. The van der Waals surface area contributed by atoms with E-state index in [-0.39, 0.29) is 6.04 Å². The Morgan fingerprint density at radius 2 is 1.81 bits per heavy atom. The Morgan fingerprint density at radius 3 is 2.33 bits per heavy atom. The molecule has 0 amide bonds. The van der Waals surface area contributed by atoms with Gasteiger partial charge in [-0.05, 0) is 49.6 Å². The molecule has 1 aromatic carbocycles. The van der Waals surface area contributed by atoms with Gasteiger partial charge in [0, 0.05) is 12.5 Å². The van der Waals surface area contributed by atoms with Crippen LogP contribution in [0.5, 0.6) is 11.5 Å². The monoisotopic (exact) mass is 287 g/mol. The number of carbonyl (C=O) groups is 1. The Balaban J connectivity index is 2.50. The average Bonchev–Trinajstić information content (AvgIpc) is 2.45. The van der Waals surface area contributed by atoms with Gasteiger partial charge >= 0.3 is 0 Å². The normalized spacial score (nSPS) is 21.7. The SMILES string of the molecule is [B]N1CC(C)c2cc(OCC)c(OCC)cc2[C@H]1CC=O. The Kier molecular flexibility index (Phi) is 5.29. The smallest absolute Gasteiger partial charge is 0.183 e. The highest BCUT2D eigenvalue weighted by Gasteiger charge is 2.30. The van der Waals surface area contributed by atoms with E-state index in [0.717, 1.165) is 29.9 Å². The lowest BCUT2D eigenvalue weighted by Crippen LogP contribution is -2.35. The molecule has 0 aromatic heterocycles. The van der Waals surface area contributed by atoms with Crippen molar-refractivity contribution in [3.63, 3.8) is 0 Å². The van der Waals surface area contributed by atoms with Gasteiger partial charge in [0.25, 0.3) is 0 Å². The van der Waals surface area contributed by atoms with E-state index in [2.05, 4.69) is 6.92 Å². The topological polar surface area (TPSA) is 38.8 Å². The summed E-state index contributed by atoms with van der Waals surface area (Å²) in [4.78, 5) is 12.7. The van der Waals surface area contributed by atoms with Gasteiger partial charge in [-0.15, -0.1) is 0 Å². The molecule has 112 valence electrons. The van der Waals surface area contributed by atoms with Crippen molar-refractivity contribution in [2.75, 3.05) is 19.8 Å². The Labute approximate surface area is 127 Å². The summed E-state index contributed by atoms with van der Waals surface area (Å²) in [7, 11) is 6.09. The molecule has 5 heteroatoms. The summed E-state index contributed by atoms with van der Waals surface area (Å²) in [5.74, 6) is 1.78. The molecular weight excluding hydrogens is 265 g/mol. The van der Waals surface area contributed by atoms with Gasteiger partial charge in [-0.1, -0.05) is 6.92 Å². The number of ether oxygens (including phenoxy) is 2. The first-order valence-electron chi connectivity index (χ1n) is 7.50. The van der Waals surface area contributed by atoms with Crippen molar-refractivity contribution in [1.82, 2.24) is 4.81 Å². The fraction of sp³-hybridized carbons (Fsp3) is 0.562. The van der Waals surface area contributed by atoms with Gasteiger partial charge in [0.15, 0.2) is 19.5 Å². The van der Waals surface area contributed by atoms with Crippen molar-refractivity contribution >= 4 is 14.3 Å². The minimum Gasteiger partial charge on any atom is -0.490 e. The maximum Gasteiger partial charge on any atom is 0.183 e. The summed E-state index contributed by atoms with van der Waals surface area (Å²) >= 11 is 0. The van der Waals surface area contributed by atoms with Crippen LogP contribution >= 0.6 is 0 Å². The second-order valence-corrected chi connectivity index (χ2v) is 5.31. The first kappa shape index (κ1) is 15.9. The zero-order chi connectivity index (χ0) is 15.4. The number of hydrogen-bond donors (Lipinski definition) is 0. The van der Waals surface area contributed by atoms with Crippen LogP contribution in [0.4, 0.5) is 0 Å². The van der Waals surface area contributed by atoms with Crippen molar-refractivity contribution in [3.8, 4) is 11.5 Å². The zero-order valence-electron chi connectivity index (χ0n) is 13.0. The summed E-state index contributed by atoms with van der Waals surface area (Å²) in [6, 6.07) is 3.93. The third-order valence-corrected chi connectivity index (χ3v) is 3.84. The molecule has 4 nitrogen and oxygen atoms in total. The predicted molar refractivity (Wildman–Crippen MR) is 83.1 cm³/mol. The minimum atomic E-state index is -0.0939. The zero-order valence-corrected chi connectivity index (χ0v) is 13.0. The molecule has 0 saturated heterocycles. The molecule has 1 aliphatic rings. The molecule has 0 saturated carbocycles. The first-order valence-corrected chi connectivity index (χ1v) is 7.50. The molecule has 1 aliphatic heterocycles. The standard InChI is InChI=1S/C16H22BNO3/c1-4-20-15-8-12-11(3)10-18(17)14(6-7-19)13(12)9-16(15)21-5-2/h7-9,11,14H,4-6,10H2,1-3H3/t11?,14-/m1/s1. The molecule has 0 spiro atoms. The molecule has 2 rings (SSSR count). The van der Waals surface area contributed by atoms with E-state index in [1.807, 2.05) is 26.0 Å². The molecule has 1 aromatic rings. The number of benzene rings is 1. The predicted octanol–water partition coefficient (Wildman–Crippen LogP) is 2.62. The molecule has 21 heavy (non-hydrogen) atoms. The fourth-order valence-electron chi connectivity index (χ4n) is 2.92. The van der Waals surface area contributed by atoms with Crippen molar-refractivity contribution in [1.29, 1.82) is 0 Å². The molecular formula is C16H22BNO3. The van der Waals surface area contributed by atoms with Gasteiger partial charge in [0.2, 0.25) is 0 Å². The van der Waals surface area contributed by atoms with Gasteiger partial charge in [-0.2, -0.15) is 0 Å². The van der Waals surface area contributed by atoms with Gasteiger partial charge < -0.3 is 19.1 Å². The number of fused-ring (bicyclic) bond motifs is 1. The highest BCUT2D eigenvalue weighted by Crippen LogP contribution is 2.42. The Bertz CT molecular complexity index is 507. The van der Waals surface area contributed by atoms with E-state index in [1.165, 1.54) is 5.56 Å². The third-order valence-electron chi connectivity index (χ3n) is 3.84. The van der Waals surface area contributed by atoms with Crippen LogP contribution in [0.25, 0.3) is 0 Å². The summed E-state index contributed by atoms with van der Waals surface area (Å²) in [5, 5.41) is 0. The highest BCUT2D eigenvalue weighted by atomic mass is 16.5. The Hall–Kier alpha value is -1.49. The largest absolute Gasteiger partial charge is 0.490 e. The molecule has 2 radical (unpaired) electrons. The number of carbonyl (C=O) groups excluding carboxylic acids is 1. The van der Waals surface area contributed by atoms with Crippen molar-refractivity contribution < 1.29 is 14.3 Å². The third kappa shape index (κ3) is 3.23. The molecule has 0 fully saturated rings. The van der Waals surface area contributed by atoms with E-state index in [4.69, 9.17) is 17.5 Å². The van der Waals surface area contributed by atoms with Crippen LogP contribution in [-0.2, 0) is 4.79 Å².